The summed E-state index contributed by atoms with van der Waals surface area (Å²) in [6.45, 7) is 15.6. The topological polar surface area (TPSA) is 88.4 Å². The quantitative estimate of drug-likeness (QED) is 0.323. The number of aliphatic hydroxyl groups is 1. The zero-order chi connectivity index (χ0) is 21.1. The van der Waals surface area contributed by atoms with Crippen LogP contribution in [0.2, 0.25) is 0 Å². The van der Waals surface area contributed by atoms with Gasteiger partial charge in [-0.1, -0.05) is 32.0 Å². The molecule has 28 heavy (non-hydrogen) atoms. The van der Waals surface area contributed by atoms with Crippen LogP contribution < -0.4 is 0 Å². The summed E-state index contributed by atoms with van der Waals surface area (Å²) in [5.74, 6) is -0.655. The second-order valence-electron chi connectivity index (χ2n) is 10.3. The smallest absolute Gasteiger partial charge is 0.303 e. The van der Waals surface area contributed by atoms with Crippen LogP contribution in [0.3, 0.4) is 0 Å². The van der Waals surface area contributed by atoms with Crippen LogP contribution in [0, 0.1) is 22.7 Å². The second-order valence-corrected chi connectivity index (χ2v) is 10.3. The lowest BCUT2D eigenvalue weighted by atomic mass is 9.42. The maximum Gasteiger partial charge on any atom is 0.303 e. The van der Waals surface area contributed by atoms with Gasteiger partial charge in [0.05, 0.1) is 17.4 Å². The largest absolute Gasteiger partial charge is 0.459 e. The minimum absolute atomic E-state index is 0.0540. The number of fused-ring (bicyclic) bond motifs is 3. The molecule has 0 amide bonds. The van der Waals surface area contributed by atoms with E-state index in [4.69, 9.17) is 9.47 Å². The Morgan fingerprint density at radius 2 is 1.96 bits per heavy atom. The molecule has 0 radical (unpaired) electrons. The van der Waals surface area contributed by atoms with Gasteiger partial charge >= 0.3 is 5.97 Å². The third-order valence-corrected chi connectivity index (χ3v) is 7.96. The van der Waals surface area contributed by atoms with Gasteiger partial charge in [0.15, 0.2) is 0 Å². The highest BCUT2D eigenvalue weighted by molar-refractivity contribution is 5.91. The summed E-state index contributed by atoms with van der Waals surface area (Å²) in [4.78, 5) is 11.9. The molecular formula is C22H35NO5. The van der Waals surface area contributed by atoms with Gasteiger partial charge in [-0.2, -0.15) is 0 Å². The Morgan fingerprint density at radius 3 is 2.50 bits per heavy atom. The first-order valence-electron chi connectivity index (χ1n) is 10.2. The normalized spacial score (nSPS) is 49.0. The Hall–Kier alpha value is -1.40. The SMILES string of the molecule is C=C[C@@]1(C)C[C@@H](O)[C@H]2[C@](C)(O1)[C@@H](OC(C)=O)C[C@H]1C(C)(C)CC/C(=N\O)[C@@]12C. The molecule has 0 spiro atoms. The molecule has 2 saturated carbocycles. The molecule has 1 saturated heterocycles. The van der Waals surface area contributed by atoms with Crippen molar-refractivity contribution in [2.24, 2.45) is 27.8 Å². The van der Waals surface area contributed by atoms with Gasteiger partial charge in [-0.15, -0.1) is 6.58 Å². The van der Waals surface area contributed by atoms with Crippen LogP contribution in [0.4, 0.5) is 0 Å². The van der Waals surface area contributed by atoms with Crippen LogP contribution >= 0.6 is 0 Å². The zero-order valence-electron chi connectivity index (χ0n) is 18.0. The van der Waals surface area contributed by atoms with Crippen LogP contribution in [-0.4, -0.2) is 45.4 Å². The van der Waals surface area contributed by atoms with E-state index in [1.165, 1.54) is 6.92 Å². The van der Waals surface area contributed by atoms with Crippen molar-refractivity contribution in [1.29, 1.82) is 0 Å². The number of oxime groups is 1. The van der Waals surface area contributed by atoms with Crippen molar-refractivity contribution in [3.63, 3.8) is 0 Å². The summed E-state index contributed by atoms with van der Waals surface area (Å²) in [7, 11) is 0. The fraction of sp³-hybridized carbons (Fsp3) is 0.818. The first-order valence-corrected chi connectivity index (χ1v) is 10.2. The van der Waals surface area contributed by atoms with Gasteiger partial charge in [0, 0.05) is 24.7 Å². The van der Waals surface area contributed by atoms with Crippen molar-refractivity contribution in [2.45, 2.75) is 90.6 Å². The number of carbonyl (C=O) groups is 1. The van der Waals surface area contributed by atoms with E-state index in [0.29, 0.717) is 25.0 Å². The molecule has 2 aliphatic carbocycles. The van der Waals surface area contributed by atoms with Gasteiger partial charge in [-0.05, 0) is 44.4 Å². The first-order chi connectivity index (χ1) is 12.8. The number of aliphatic hydroxyl groups excluding tert-OH is 1. The molecule has 1 aliphatic heterocycles. The molecular weight excluding hydrogens is 358 g/mol. The predicted octanol–water partition coefficient (Wildman–Crippen LogP) is 3.70. The summed E-state index contributed by atoms with van der Waals surface area (Å²) in [6.07, 6.45) is 3.04. The molecule has 158 valence electrons. The highest BCUT2D eigenvalue weighted by atomic mass is 16.6. The fourth-order valence-electron chi connectivity index (χ4n) is 6.74. The average Bonchev–Trinajstić information content (AvgIpc) is 2.55. The monoisotopic (exact) mass is 393 g/mol. The van der Waals surface area contributed by atoms with E-state index in [1.807, 2.05) is 13.8 Å². The molecule has 0 aromatic heterocycles. The second kappa shape index (κ2) is 6.56. The maximum absolute atomic E-state index is 11.9. The lowest BCUT2D eigenvalue weighted by molar-refractivity contribution is -0.303. The Balaban J connectivity index is 2.20. The van der Waals surface area contributed by atoms with Crippen molar-refractivity contribution < 1.29 is 24.6 Å². The van der Waals surface area contributed by atoms with E-state index in [-0.39, 0.29) is 23.2 Å². The standard InChI is InChI=1S/C22H35NO5/c1-8-20(5)12-14(25)18-21(6)15(19(3,4)10-9-16(21)23-26)11-17(27-13(2)24)22(18,7)28-20/h8,14-15,17-18,25-26H,1,9-12H2,2-7H3/b23-16+/t14-,15+,17+,18-,20+,21-,22-/m1/s1. The highest BCUT2D eigenvalue weighted by Crippen LogP contribution is 2.65. The van der Waals surface area contributed by atoms with Gasteiger partial charge in [0.2, 0.25) is 0 Å². The molecule has 0 unspecified atom stereocenters. The number of rotatable bonds is 2. The number of hydrogen-bond acceptors (Lipinski definition) is 6. The summed E-state index contributed by atoms with van der Waals surface area (Å²) in [5, 5.41) is 24.9. The van der Waals surface area contributed by atoms with E-state index in [9.17, 15) is 15.1 Å². The molecule has 6 nitrogen and oxygen atoms in total. The fourth-order valence-corrected chi connectivity index (χ4v) is 6.74. The third-order valence-electron chi connectivity index (χ3n) is 7.96. The Bertz CT molecular complexity index is 703. The maximum atomic E-state index is 11.9. The number of esters is 1. The molecule has 3 aliphatic rings. The number of carbonyl (C=O) groups excluding carboxylic acids is 1. The van der Waals surface area contributed by atoms with E-state index in [0.717, 1.165) is 6.42 Å². The van der Waals surface area contributed by atoms with Crippen LogP contribution in [0.15, 0.2) is 17.8 Å². The molecule has 0 bridgehead atoms. The number of nitrogens with zero attached hydrogens (tertiary/aromatic N) is 1. The molecule has 3 fully saturated rings. The van der Waals surface area contributed by atoms with Gasteiger partial charge in [0.25, 0.3) is 0 Å². The minimum Gasteiger partial charge on any atom is -0.459 e. The molecule has 0 aromatic carbocycles. The number of hydrogen-bond donors (Lipinski definition) is 2. The zero-order valence-corrected chi connectivity index (χ0v) is 18.0. The molecule has 2 N–H and O–H groups in total. The van der Waals surface area contributed by atoms with Gasteiger partial charge in [-0.3, -0.25) is 4.79 Å². The minimum atomic E-state index is -0.930. The summed E-state index contributed by atoms with van der Waals surface area (Å²) >= 11 is 0. The van der Waals surface area contributed by atoms with E-state index >= 15 is 0 Å². The van der Waals surface area contributed by atoms with Crippen molar-refractivity contribution >= 4 is 11.7 Å². The van der Waals surface area contributed by atoms with E-state index in [1.54, 1.807) is 6.08 Å². The number of ether oxygens (including phenoxy) is 2. The van der Waals surface area contributed by atoms with Gasteiger partial charge in [-0.25, -0.2) is 0 Å². The third kappa shape index (κ3) is 2.91. The summed E-state index contributed by atoms with van der Waals surface area (Å²) in [6, 6.07) is 0. The Kier molecular flexibility index (Phi) is 4.99. The van der Waals surface area contributed by atoms with Crippen LogP contribution in [-0.2, 0) is 14.3 Å². The molecule has 0 aromatic rings. The van der Waals surface area contributed by atoms with Crippen LogP contribution in [0.1, 0.15) is 67.2 Å². The lowest BCUT2D eigenvalue weighted by Gasteiger charge is -2.67. The van der Waals surface area contributed by atoms with Gasteiger partial charge < -0.3 is 19.8 Å². The molecule has 1 heterocycles. The Labute approximate surface area is 168 Å². The predicted molar refractivity (Wildman–Crippen MR) is 106 cm³/mol. The van der Waals surface area contributed by atoms with E-state index < -0.39 is 28.8 Å². The van der Waals surface area contributed by atoms with Crippen LogP contribution in [0.5, 0.6) is 0 Å². The molecule has 3 rings (SSSR count). The summed E-state index contributed by atoms with van der Waals surface area (Å²) in [5.41, 5.74) is -1.57. The van der Waals surface area contributed by atoms with Crippen molar-refractivity contribution in [1.82, 2.24) is 0 Å². The lowest BCUT2D eigenvalue weighted by Crippen LogP contribution is -2.73. The van der Waals surface area contributed by atoms with Crippen molar-refractivity contribution in [2.75, 3.05) is 0 Å². The average molecular weight is 394 g/mol. The van der Waals surface area contributed by atoms with Crippen molar-refractivity contribution in [3.8, 4) is 0 Å². The highest BCUT2D eigenvalue weighted by Gasteiger charge is 2.70. The Morgan fingerprint density at radius 1 is 1.32 bits per heavy atom. The van der Waals surface area contributed by atoms with E-state index in [2.05, 4.69) is 32.5 Å². The van der Waals surface area contributed by atoms with Crippen LogP contribution in [0.25, 0.3) is 0 Å². The first kappa shape index (κ1) is 21.3. The van der Waals surface area contributed by atoms with Gasteiger partial charge in [0.1, 0.15) is 11.7 Å². The van der Waals surface area contributed by atoms with Crippen molar-refractivity contribution in [3.05, 3.63) is 12.7 Å². The molecule has 7 atom stereocenters. The summed E-state index contributed by atoms with van der Waals surface area (Å²) < 4.78 is 12.4. The molecule has 6 heteroatoms.